The average Bonchev–Trinajstić information content (AvgIpc) is 2.76. The maximum atomic E-state index is 12.7. The van der Waals surface area contributed by atoms with Gasteiger partial charge in [-0.05, 0) is 58.8 Å². The molecule has 0 N–H and O–H groups in total. The zero-order valence-electron chi connectivity index (χ0n) is 19.6. The molecule has 0 atom stereocenters. The quantitative estimate of drug-likeness (QED) is 0.102. The number of Topliss-reactive ketones (excluding diaryl/α,β-unsaturated/α-hetero) is 1. The van der Waals surface area contributed by atoms with Crippen LogP contribution in [0.15, 0.2) is 67.6 Å². The number of hydrogen-bond donors (Lipinski definition) is 0. The standard InChI is InChI=1S/C20H16N6O7S2.2Na/c21-25-23-16-5-3-14(19(10-16)34(28,29)30)7-12-1-2-13(18(27)8-12)9-15-4-6-17(24-26-22)11-20(15)35(31,32)33;;/h3-7,9-11H,1-2,8H2,(H,28,29,30)(H,31,32,33);;/q;2*+1/p-2/b12-7-,13-9+;;. The molecule has 180 valence electrons. The molecule has 0 saturated heterocycles. The van der Waals surface area contributed by atoms with Crippen molar-refractivity contribution in [1.29, 1.82) is 0 Å². The van der Waals surface area contributed by atoms with Gasteiger partial charge in [-0.1, -0.05) is 46.1 Å². The molecular weight excluding hydrogens is 546 g/mol. The molecule has 2 aromatic rings. The van der Waals surface area contributed by atoms with Crippen LogP contribution in [0, 0.1) is 0 Å². The normalized spacial score (nSPS) is 15.7. The van der Waals surface area contributed by atoms with Gasteiger partial charge >= 0.3 is 59.1 Å². The number of carbonyl (C=O) groups excluding carboxylic acids is 1. The summed E-state index contributed by atoms with van der Waals surface area (Å²) >= 11 is 0. The van der Waals surface area contributed by atoms with Crippen LogP contribution >= 0.6 is 0 Å². The van der Waals surface area contributed by atoms with E-state index in [0.29, 0.717) is 5.57 Å². The molecule has 3 rings (SSSR count). The van der Waals surface area contributed by atoms with Crippen molar-refractivity contribution >= 4 is 49.5 Å². The molecule has 0 bridgehead atoms. The van der Waals surface area contributed by atoms with E-state index in [1.54, 1.807) is 0 Å². The summed E-state index contributed by atoms with van der Waals surface area (Å²) in [5.41, 5.74) is 17.6. The first-order valence-corrected chi connectivity index (χ1v) is 12.5. The van der Waals surface area contributed by atoms with Gasteiger partial charge in [-0.2, -0.15) is 0 Å². The average molecular weight is 560 g/mol. The Hall–Kier alpha value is -1.97. The van der Waals surface area contributed by atoms with Crippen molar-refractivity contribution in [2.24, 2.45) is 10.2 Å². The van der Waals surface area contributed by atoms with Gasteiger partial charge in [-0.15, -0.1) is 0 Å². The molecule has 1 saturated carbocycles. The van der Waals surface area contributed by atoms with Gasteiger partial charge in [-0.25, -0.2) is 16.8 Å². The van der Waals surface area contributed by atoms with Gasteiger partial charge in [0.2, 0.25) is 0 Å². The van der Waals surface area contributed by atoms with E-state index < -0.39 is 35.8 Å². The molecule has 13 nitrogen and oxygen atoms in total. The van der Waals surface area contributed by atoms with Crippen molar-refractivity contribution in [3.8, 4) is 0 Å². The fourth-order valence-corrected chi connectivity index (χ4v) is 4.83. The predicted octanol–water partition coefficient (Wildman–Crippen LogP) is -1.39. The first-order chi connectivity index (χ1) is 16.4. The van der Waals surface area contributed by atoms with Crippen molar-refractivity contribution in [1.82, 2.24) is 0 Å². The number of carbonyl (C=O) groups is 1. The second-order valence-corrected chi connectivity index (χ2v) is 10.00. The summed E-state index contributed by atoms with van der Waals surface area (Å²) in [5.74, 6) is -0.395. The summed E-state index contributed by atoms with van der Waals surface area (Å²) < 4.78 is 69.9. The molecule has 17 heteroatoms. The summed E-state index contributed by atoms with van der Waals surface area (Å²) in [6, 6.07) is 7.00. The van der Waals surface area contributed by atoms with Crippen LogP contribution in [0.3, 0.4) is 0 Å². The predicted molar refractivity (Wildman–Crippen MR) is 121 cm³/mol. The number of allylic oxidation sites excluding steroid dienone is 2. The molecule has 1 aliphatic rings. The maximum absolute atomic E-state index is 12.7. The molecule has 37 heavy (non-hydrogen) atoms. The minimum absolute atomic E-state index is 0. The summed E-state index contributed by atoms with van der Waals surface area (Å²) in [7, 11) is -9.84. The minimum Gasteiger partial charge on any atom is -0.744 e. The van der Waals surface area contributed by atoms with Gasteiger partial charge in [0.25, 0.3) is 0 Å². The van der Waals surface area contributed by atoms with Crippen LogP contribution < -0.4 is 59.1 Å². The van der Waals surface area contributed by atoms with E-state index in [0.717, 1.165) is 12.1 Å². The summed E-state index contributed by atoms with van der Waals surface area (Å²) in [6.45, 7) is 0. The first kappa shape index (κ1) is 33.1. The van der Waals surface area contributed by atoms with Gasteiger partial charge in [0.15, 0.2) is 5.78 Å². The van der Waals surface area contributed by atoms with E-state index in [9.17, 15) is 30.7 Å². The monoisotopic (exact) mass is 560 g/mol. The molecule has 0 heterocycles. The smallest absolute Gasteiger partial charge is 0.744 e. The Morgan fingerprint density at radius 3 is 1.65 bits per heavy atom. The van der Waals surface area contributed by atoms with Crippen LogP contribution in [0.1, 0.15) is 30.4 Å². The molecule has 2 aromatic carbocycles. The molecular formula is C20H14N6Na2O7S2. The van der Waals surface area contributed by atoms with E-state index in [4.69, 9.17) is 11.1 Å². The molecule has 0 unspecified atom stereocenters. The minimum atomic E-state index is -4.94. The fourth-order valence-electron chi connectivity index (χ4n) is 3.47. The Morgan fingerprint density at radius 2 is 1.24 bits per heavy atom. The van der Waals surface area contributed by atoms with Crippen molar-refractivity contribution < 1.29 is 89.9 Å². The van der Waals surface area contributed by atoms with Gasteiger partial charge in [0.05, 0.1) is 9.79 Å². The van der Waals surface area contributed by atoms with Crippen LogP contribution in [0.5, 0.6) is 0 Å². The summed E-state index contributed by atoms with van der Waals surface area (Å²) in [4.78, 5) is 16.6. The Balaban J connectivity index is 0.00000342. The zero-order valence-corrected chi connectivity index (χ0v) is 25.2. The molecule has 0 aromatic heterocycles. The van der Waals surface area contributed by atoms with E-state index in [1.807, 2.05) is 0 Å². The number of benzene rings is 2. The van der Waals surface area contributed by atoms with Crippen molar-refractivity contribution in [3.05, 3.63) is 79.6 Å². The third-order valence-electron chi connectivity index (χ3n) is 5.00. The number of nitrogens with zero attached hydrogens (tertiary/aromatic N) is 6. The Labute approximate surface area is 256 Å². The second-order valence-electron chi connectivity index (χ2n) is 7.30. The number of ketones is 1. The van der Waals surface area contributed by atoms with Gasteiger partial charge in [0.1, 0.15) is 20.2 Å². The maximum Gasteiger partial charge on any atom is 1.00 e. The van der Waals surface area contributed by atoms with Crippen LogP contribution in [-0.4, -0.2) is 31.7 Å². The number of rotatable bonds is 6. The van der Waals surface area contributed by atoms with Crippen molar-refractivity contribution in [2.45, 2.75) is 29.1 Å². The number of hydrogen-bond acceptors (Lipinski definition) is 9. The summed E-state index contributed by atoms with van der Waals surface area (Å²) in [5, 5.41) is 6.54. The largest absolute Gasteiger partial charge is 1.00 e. The Morgan fingerprint density at radius 1 is 0.784 bits per heavy atom. The van der Waals surface area contributed by atoms with Gasteiger partial charge in [0, 0.05) is 27.6 Å². The SMILES string of the molecule is [N-]=[N+]=Nc1ccc(/C=C2/CC/C(=C\c3ccc(N=[N+]=[N-])cc3S(=O)(=O)[O-])C(=O)C2)c(S(=O)(=O)[O-])c1.[Na+].[Na+]. The van der Waals surface area contributed by atoms with Crippen molar-refractivity contribution in [2.75, 3.05) is 0 Å². The molecule has 1 fully saturated rings. The van der Waals surface area contributed by atoms with E-state index in [2.05, 4.69) is 20.1 Å². The fraction of sp³-hybridized carbons (Fsp3) is 0.150. The molecule has 0 radical (unpaired) electrons. The van der Waals surface area contributed by atoms with E-state index in [1.165, 1.54) is 36.4 Å². The first-order valence-electron chi connectivity index (χ1n) is 9.65. The zero-order chi connectivity index (χ0) is 25.8. The molecule has 0 spiro atoms. The van der Waals surface area contributed by atoms with Crippen LogP contribution in [-0.2, 0) is 25.0 Å². The van der Waals surface area contributed by atoms with Crippen molar-refractivity contribution in [3.63, 3.8) is 0 Å². The third kappa shape index (κ3) is 8.79. The topological polar surface area (TPSA) is 229 Å². The van der Waals surface area contributed by atoms with Crippen LogP contribution in [0.25, 0.3) is 33.0 Å². The Bertz CT molecular complexity index is 1610. The number of azide groups is 2. The van der Waals surface area contributed by atoms with Gasteiger partial charge in [-0.3, -0.25) is 4.79 Å². The van der Waals surface area contributed by atoms with E-state index >= 15 is 0 Å². The summed E-state index contributed by atoms with van der Waals surface area (Å²) in [6.07, 6.45) is 2.95. The van der Waals surface area contributed by atoms with E-state index in [-0.39, 0.29) is 106 Å². The molecule has 0 aliphatic heterocycles. The third-order valence-corrected chi connectivity index (χ3v) is 6.79. The van der Waals surface area contributed by atoms with Crippen LogP contribution in [0.4, 0.5) is 11.4 Å². The Kier molecular flexibility index (Phi) is 12.3. The van der Waals surface area contributed by atoms with Crippen LogP contribution in [0.2, 0.25) is 0 Å². The molecule has 1 aliphatic carbocycles. The van der Waals surface area contributed by atoms with Gasteiger partial charge < -0.3 is 9.11 Å². The molecule has 0 amide bonds. The second kappa shape index (κ2) is 13.7.